The van der Waals surface area contributed by atoms with Crippen LogP contribution in [0.4, 0.5) is 0 Å². The maximum absolute atomic E-state index is 12.5. The van der Waals surface area contributed by atoms with Gasteiger partial charge in [0.2, 0.25) is 0 Å². The van der Waals surface area contributed by atoms with Crippen LogP contribution in [0.2, 0.25) is 0 Å². The number of carbonyl (C=O) groups excluding carboxylic acids is 1. The molecule has 11 heteroatoms. The number of nitrogens with one attached hydrogen (secondary N) is 5. The van der Waals surface area contributed by atoms with Crippen LogP contribution in [0.15, 0.2) is 4.99 Å². The molecule has 1 atom stereocenters. The first kappa shape index (κ1) is 36.1. The second-order valence-electron chi connectivity index (χ2n) is 17.7. The van der Waals surface area contributed by atoms with Crippen LogP contribution in [-0.4, -0.2) is 81.7 Å². The minimum absolute atomic E-state index is 0.0100. The van der Waals surface area contributed by atoms with E-state index in [-0.39, 0.29) is 46.3 Å². The van der Waals surface area contributed by atoms with Gasteiger partial charge in [-0.2, -0.15) is 9.90 Å². The van der Waals surface area contributed by atoms with Crippen molar-refractivity contribution in [2.75, 3.05) is 13.2 Å². The van der Waals surface area contributed by atoms with Crippen LogP contribution in [0.1, 0.15) is 129 Å². The molecule has 5 N–H and O–H groups in total. The molecule has 0 spiro atoms. The quantitative estimate of drug-likeness (QED) is 0.173. The standard InChI is InChI=1S/C32H64N8O3/c1-27(2,3)20-32(12,13)43-42-25(41)14-15-33-26-34-21-39(35-23-16-28(4,5)37-29(6,7)17-23)22-40(26)36-24-18-30(8,9)38-31(10,11)19-24/h21,23-24,26,33,35-38H,14-20,22H2,1-13H3. The Hall–Kier alpha value is -1.34. The number of nitrogens with zero attached hydrogens (tertiary/aromatic N) is 3. The number of carbonyl (C=O) groups is 1. The van der Waals surface area contributed by atoms with E-state index in [0.29, 0.717) is 19.3 Å². The average Bonchev–Trinajstić information content (AvgIpc) is 2.73. The Kier molecular flexibility index (Phi) is 11.1. The van der Waals surface area contributed by atoms with Crippen molar-refractivity contribution in [2.45, 2.75) is 175 Å². The Morgan fingerprint density at radius 1 is 0.860 bits per heavy atom. The molecule has 1 unspecified atom stereocenters. The van der Waals surface area contributed by atoms with E-state index in [9.17, 15) is 4.79 Å². The van der Waals surface area contributed by atoms with Gasteiger partial charge in [0.15, 0.2) is 6.29 Å². The predicted octanol–water partition coefficient (Wildman–Crippen LogP) is 4.17. The second kappa shape index (κ2) is 13.2. The van der Waals surface area contributed by atoms with Gasteiger partial charge in [-0.3, -0.25) is 15.2 Å². The molecule has 0 aromatic heterocycles. The van der Waals surface area contributed by atoms with Crippen molar-refractivity contribution in [3.05, 3.63) is 0 Å². The highest BCUT2D eigenvalue weighted by Crippen LogP contribution is 2.31. The Labute approximate surface area is 261 Å². The fourth-order valence-electron chi connectivity index (χ4n) is 7.96. The number of hydrogen-bond donors (Lipinski definition) is 5. The summed E-state index contributed by atoms with van der Waals surface area (Å²) in [6, 6.07) is 0.587. The molecule has 2 fully saturated rings. The van der Waals surface area contributed by atoms with Gasteiger partial charge in [0.25, 0.3) is 0 Å². The molecule has 0 amide bonds. The van der Waals surface area contributed by atoms with E-state index in [0.717, 1.165) is 32.1 Å². The molecular weight excluding hydrogens is 544 g/mol. The van der Waals surface area contributed by atoms with Crippen LogP contribution in [0, 0.1) is 5.41 Å². The van der Waals surface area contributed by atoms with Crippen LogP contribution in [-0.2, 0) is 14.6 Å². The zero-order chi connectivity index (χ0) is 32.5. The molecule has 250 valence electrons. The first-order chi connectivity index (χ1) is 19.4. The maximum atomic E-state index is 12.5. The van der Waals surface area contributed by atoms with Crippen molar-refractivity contribution in [3.63, 3.8) is 0 Å². The lowest BCUT2D eigenvalue weighted by molar-refractivity contribution is -0.329. The number of aliphatic imine (C=N–C) groups is 1. The van der Waals surface area contributed by atoms with Gasteiger partial charge in [-0.05, 0) is 107 Å². The minimum Gasteiger partial charge on any atom is -0.307 e. The van der Waals surface area contributed by atoms with Crippen molar-refractivity contribution in [1.82, 2.24) is 36.8 Å². The Morgan fingerprint density at radius 3 is 1.84 bits per heavy atom. The summed E-state index contributed by atoms with van der Waals surface area (Å²) in [6.07, 6.45) is 6.51. The van der Waals surface area contributed by atoms with Crippen LogP contribution in [0.5, 0.6) is 0 Å². The molecular formula is C32H64N8O3. The molecule has 3 aliphatic rings. The van der Waals surface area contributed by atoms with Gasteiger partial charge < -0.3 is 10.6 Å². The van der Waals surface area contributed by atoms with Crippen molar-refractivity contribution in [2.24, 2.45) is 10.4 Å². The largest absolute Gasteiger partial charge is 0.343 e. The summed E-state index contributed by atoms with van der Waals surface area (Å²) < 4.78 is 0. The van der Waals surface area contributed by atoms with Crippen molar-refractivity contribution in [3.8, 4) is 0 Å². The SMILES string of the molecule is CC(C)(C)CC(C)(C)OOC(=O)CCNC1N=CN(NC2CC(C)(C)NC(C)(C)C2)CN1NC1CC(C)(C)NC(C)(C)C1. The van der Waals surface area contributed by atoms with Crippen molar-refractivity contribution < 1.29 is 14.6 Å². The van der Waals surface area contributed by atoms with E-state index in [1.165, 1.54) is 0 Å². The highest BCUT2D eigenvalue weighted by Gasteiger charge is 2.41. The molecule has 0 radical (unpaired) electrons. The number of rotatable bonds is 11. The summed E-state index contributed by atoms with van der Waals surface area (Å²) in [5.41, 5.74) is 7.16. The van der Waals surface area contributed by atoms with E-state index in [2.05, 4.69) is 113 Å². The first-order valence-electron chi connectivity index (χ1n) is 16.2. The van der Waals surface area contributed by atoms with Gasteiger partial charge in [0.1, 0.15) is 18.6 Å². The summed E-state index contributed by atoms with van der Waals surface area (Å²) in [7, 11) is 0. The van der Waals surface area contributed by atoms with E-state index < -0.39 is 11.6 Å². The van der Waals surface area contributed by atoms with Gasteiger partial charge in [-0.25, -0.2) is 20.6 Å². The molecule has 3 aliphatic heterocycles. The maximum Gasteiger partial charge on any atom is 0.343 e. The lowest BCUT2D eigenvalue weighted by Crippen LogP contribution is -2.68. The molecule has 43 heavy (non-hydrogen) atoms. The van der Waals surface area contributed by atoms with E-state index in [1.807, 2.05) is 20.2 Å². The van der Waals surface area contributed by atoms with Crippen molar-refractivity contribution in [1.29, 1.82) is 0 Å². The zero-order valence-electron chi connectivity index (χ0n) is 29.5. The van der Waals surface area contributed by atoms with Gasteiger partial charge >= 0.3 is 5.97 Å². The minimum atomic E-state index is -0.554. The summed E-state index contributed by atoms with van der Waals surface area (Å²) in [4.78, 5) is 28.1. The van der Waals surface area contributed by atoms with E-state index in [1.54, 1.807) is 0 Å². The van der Waals surface area contributed by atoms with Gasteiger partial charge in [-0.15, -0.1) is 0 Å². The lowest BCUT2D eigenvalue weighted by atomic mass is 9.80. The Morgan fingerprint density at radius 2 is 1.35 bits per heavy atom. The third kappa shape index (κ3) is 12.5. The van der Waals surface area contributed by atoms with Crippen LogP contribution < -0.4 is 26.8 Å². The number of hydrazine groups is 2. The third-order valence-electron chi connectivity index (χ3n) is 8.00. The summed E-state index contributed by atoms with van der Waals surface area (Å²) in [5, 5.41) is 15.2. The van der Waals surface area contributed by atoms with E-state index in [4.69, 9.17) is 14.8 Å². The van der Waals surface area contributed by atoms with Crippen LogP contribution >= 0.6 is 0 Å². The lowest BCUT2D eigenvalue weighted by Gasteiger charge is -2.50. The second-order valence-corrected chi connectivity index (χ2v) is 17.7. The molecule has 3 rings (SSSR count). The third-order valence-corrected chi connectivity index (χ3v) is 8.00. The van der Waals surface area contributed by atoms with Gasteiger partial charge in [-0.1, -0.05) is 20.8 Å². The van der Waals surface area contributed by atoms with Gasteiger partial charge in [0, 0.05) is 40.8 Å². The monoisotopic (exact) mass is 609 g/mol. The smallest absolute Gasteiger partial charge is 0.307 e. The van der Waals surface area contributed by atoms with E-state index >= 15 is 0 Å². The topological polar surface area (TPSA) is 115 Å². The molecule has 0 bridgehead atoms. The van der Waals surface area contributed by atoms with Crippen LogP contribution in [0.3, 0.4) is 0 Å². The molecule has 0 aromatic carbocycles. The fourth-order valence-corrected chi connectivity index (χ4v) is 7.96. The normalized spacial score (nSPS) is 26.4. The highest BCUT2D eigenvalue weighted by atomic mass is 17.2. The fraction of sp³-hybridized carbons (Fsp3) is 0.938. The Bertz CT molecular complexity index is 940. The molecule has 0 aromatic rings. The Balaban J connectivity index is 1.63. The molecule has 11 nitrogen and oxygen atoms in total. The number of hydrogen-bond acceptors (Lipinski definition) is 11. The zero-order valence-corrected chi connectivity index (χ0v) is 29.5. The number of piperidine rings is 2. The summed E-state index contributed by atoms with van der Waals surface area (Å²) in [6.45, 7) is 29.4. The highest BCUT2D eigenvalue weighted by molar-refractivity contribution is 5.68. The first-order valence-corrected chi connectivity index (χ1v) is 16.2. The predicted molar refractivity (Wildman–Crippen MR) is 174 cm³/mol. The molecule has 2 saturated heterocycles. The summed E-state index contributed by atoms with van der Waals surface area (Å²) >= 11 is 0. The molecule has 0 aliphatic carbocycles. The van der Waals surface area contributed by atoms with Crippen molar-refractivity contribution >= 4 is 12.3 Å². The molecule has 3 heterocycles. The van der Waals surface area contributed by atoms with Crippen LogP contribution in [0.25, 0.3) is 0 Å². The molecule has 0 saturated carbocycles. The average molecular weight is 609 g/mol. The summed E-state index contributed by atoms with van der Waals surface area (Å²) in [5.74, 6) is -0.393. The van der Waals surface area contributed by atoms with Gasteiger partial charge in [0.05, 0.1) is 6.42 Å².